The third-order valence-corrected chi connectivity index (χ3v) is 3.74. The number of hydrogen-bond donors (Lipinski definition) is 2. The smallest absolute Gasteiger partial charge is 0.330 e. The van der Waals surface area contributed by atoms with Crippen molar-refractivity contribution in [1.82, 2.24) is 5.32 Å². The third-order valence-electron chi connectivity index (χ3n) is 3.74. The van der Waals surface area contributed by atoms with Crippen LogP contribution < -0.4 is 10.1 Å². The van der Waals surface area contributed by atoms with E-state index in [-0.39, 0.29) is 24.7 Å². The summed E-state index contributed by atoms with van der Waals surface area (Å²) in [6, 6.07) is 14.3. The van der Waals surface area contributed by atoms with Crippen molar-refractivity contribution in [2.45, 2.75) is 25.8 Å². The summed E-state index contributed by atoms with van der Waals surface area (Å²) in [5.41, 5.74) is 1.08. The Labute approximate surface area is 151 Å². The predicted molar refractivity (Wildman–Crippen MR) is 96.1 cm³/mol. The van der Waals surface area contributed by atoms with Crippen molar-refractivity contribution in [2.24, 2.45) is 0 Å². The number of carbonyl (C=O) groups excluding carboxylic acids is 2. The lowest BCUT2D eigenvalue weighted by molar-refractivity contribution is -0.142. The van der Waals surface area contributed by atoms with E-state index in [9.17, 15) is 19.5 Å². The Morgan fingerprint density at radius 1 is 1.08 bits per heavy atom. The fraction of sp³-hybridized carbons (Fsp3) is 0.250. The Balaban J connectivity index is 1.80. The van der Waals surface area contributed by atoms with Gasteiger partial charge in [-0.3, -0.25) is 9.59 Å². The number of rotatable bonds is 9. The molecule has 26 heavy (non-hydrogen) atoms. The lowest BCUT2D eigenvalue weighted by atomic mass is 10.1. The second-order valence-electron chi connectivity index (χ2n) is 5.79. The third kappa shape index (κ3) is 5.73. The predicted octanol–water partition coefficient (Wildman–Crippen LogP) is 2.99. The van der Waals surface area contributed by atoms with Gasteiger partial charge in [0.15, 0.2) is 11.8 Å². The Morgan fingerprint density at radius 3 is 2.46 bits per heavy atom. The van der Waals surface area contributed by atoms with Gasteiger partial charge in [0.05, 0.1) is 6.61 Å². The monoisotopic (exact) mass is 355 g/mol. The molecule has 0 unspecified atom stereocenters. The Morgan fingerprint density at radius 2 is 1.81 bits per heavy atom. The zero-order valence-electron chi connectivity index (χ0n) is 14.5. The Bertz CT molecular complexity index is 773. The van der Waals surface area contributed by atoms with Gasteiger partial charge in [-0.15, -0.1) is 0 Å². The van der Waals surface area contributed by atoms with E-state index in [1.165, 1.54) is 6.92 Å². The highest BCUT2D eigenvalue weighted by Crippen LogP contribution is 2.15. The van der Waals surface area contributed by atoms with Gasteiger partial charge in [-0.05, 0) is 31.0 Å². The van der Waals surface area contributed by atoms with Crippen molar-refractivity contribution in [1.29, 1.82) is 0 Å². The zero-order valence-corrected chi connectivity index (χ0v) is 14.5. The first-order chi connectivity index (χ1) is 12.5. The van der Waals surface area contributed by atoms with Gasteiger partial charge in [-0.1, -0.05) is 42.5 Å². The number of carboxylic acid groups (broad SMARTS) is 1. The van der Waals surface area contributed by atoms with Crippen molar-refractivity contribution in [2.75, 3.05) is 6.61 Å². The number of hydrogen-bond acceptors (Lipinski definition) is 4. The maximum Gasteiger partial charge on any atom is 0.330 e. The van der Waals surface area contributed by atoms with Crippen LogP contribution in [-0.4, -0.2) is 29.4 Å². The summed E-state index contributed by atoms with van der Waals surface area (Å²) in [5.74, 6) is -0.953. The van der Waals surface area contributed by atoms with E-state index < -0.39 is 12.0 Å². The molecule has 2 aromatic rings. The van der Waals surface area contributed by atoms with Crippen LogP contribution in [0, 0.1) is 0 Å². The van der Waals surface area contributed by atoms with Gasteiger partial charge in [0.2, 0.25) is 5.91 Å². The number of ketones is 1. The molecule has 1 atom stereocenters. The van der Waals surface area contributed by atoms with Crippen molar-refractivity contribution in [3.05, 3.63) is 65.7 Å². The molecule has 136 valence electrons. The number of carbonyl (C=O) groups is 3. The first-order valence-corrected chi connectivity index (χ1v) is 8.28. The first-order valence-electron chi connectivity index (χ1n) is 8.28. The summed E-state index contributed by atoms with van der Waals surface area (Å²) in [5, 5.41) is 11.8. The Hall–Kier alpha value is -3.15. The molecule has 1 amide bonds. The van der Waals surface area contributed by atoms with Crippen LogP contribution in [-0.2, 0) is 9.59 Å². The average Bonchev–Trinajstić information content (AvgIpc) is 2.64. The quantitative estimate of drug-likeness (QED) is 0.533. The van der Waals surface area contributed by atoms with Crippen molar-refractivity contribution < 1.29 is 24.2 Å². The number of aliphatic carboxylic acids is 1. The highest BCUT2D eigenvalue weighted by atomic mass is 16.5. The summed E-state index contributed by atoms with van der Waals surface area (Å²) in [6.07, 6.45) is 0.570. The van der Waals surface area contributed by atoms with Crippen LogP contribution in [0.25, 0.3) is 0 Å². The lowest BCUT2D eigenvalue weighted by Crippen LogP contribution is -2.33. The molecule has 0 aliphatic rings. The van der Waals surface area contributed by atoms with Gasteiger partial charge >= 0.3 is 5.97 Å². The fourth-order valence-electron chi connectivity index (χ4n) is 2.39. The molecule has 2 rings (SSSR count). The molecule has 0 aliphatic carbocycles. The highest BCUT2D eigenvalue weighted by Gasteiger charge is 2.21. The summed E-state index contributed by atoms with van der Waals surface area (Å²) < 4.78 is 5.54. The summed E-state index contributed by atoms with van der Waals surface area (Å²) in [6.45, 7) is 1.77. The minimum absolute atomic E-state index is 0.0459. The number of carboxylic acids is 1. The lowest BCUT2D eigenvalue weighted by Gasteiger charge is -2.15. The number of amides is 1. The molecule has 0 radical (unpaired) electrons. The van der Waals surface area contributed by atoms with Crippen LogP contribution in [0.1, 0.15) is 41.7 Å². The van der Waals surface area contributed by atoms with Gasteiger partial charge in [0.25, 0.3) is 0 Å². The van der Waals surface area contributed by atoms with Gasteiger partial charge < -0.3 is 15.2 Å². The van der Waals surface area contributed by atoms with E-state index in [1.54, 1.807) is 54.6 Å². The van der Waals surface area contributed by atoms with E-state index in [2.05, 4.69) is 5.32 Å². The maximum atomic E-state index is 12.0. The van der Waals surface area contributed by atoms with E-state index in [0.29, 0.717) is 23.3 Å². The maximum absolute atomic E-state index is 12.0. The van der Waals surface area contributed by atoms with Crippen molar-refractivity contribution in [3.8, 4) is 5.75 Å². The summed E-state index contributed by atoms with van der Waals surface area (Å²) >= 11 is 0. The minimum atomic E-state index is -1.11. The molecule has 0 aromatic heterocycles. The van der Waals surface area contributed by atoms with E-state index in [1.807, 2.05) is 0 Å². The topological polar surface area (TPSA) is 92.7 Å². The van der Waals surface area contributed by atoms with Crippen LogP contribution in [0.4, 0.5) is 0 Å². The standard InChI is InChI=1S/C20H21NO5/c1-14(22)16-9-5-10-17(13-16)26-12-6-11-18(23)21-19(20(24)25)15-7-3-2-4-8-15/h2-5,7-10,13,19H,6,11-12H2,1H3,(H,21,23)(H,24,25)/t19-/m1/s1. The molecular weight excluding hydrogens is 334 g/mol. The van der Waals surface area contributed by atoms with Gasteiger partial charge in [0, 0.05) is 12.0 Å². The van der Waals surface area contributed by atoms with Gasteiger partial charge in [0.1, 0.15) is 5.75 Å². The fourth-order valence-corrected chi connectivity index (χ4v) is 2.39. The van der Waals surface area contributed by atoms with Gasteiger partial charge in [-0.25, -0.2) is 4.79 Å². The second kappa shape index (κ2) is 9.36. The molecule has 0 heterocycles. The number of Topliss-reactive ketones (excluding diaryl/α,β-unsaturated/α-hetero) is 1. The van der Waals surface area contributed by atoms with Crippen LogP contribution in [0.3, 0.4) is 0 Å². The number of nitrogens with one attached hydrogen (secondary N) is 1. The van der Waals surface area contributed by atoms with Crippen LogP contribution in [0.5, 0.6) is 5.75 Å². The molecule has 0 spiro atoms. The molecule has 6 nitrogen and oxygen atoms in total. The molecule has 2 aromatic carbocycles. The summed E-state index contributed by atoms with van der Waals surface area (Å²) in [4.78, 5) is 34.7. The van der Waals surface area contributed by atoms with Crippen molar-refractivity contribution in [3.63, 3.8) is 0 Å². The normalized spacial score (nSPS) is 11.4. The molecule has 0 fully saturated rings. The van der Waals surface area contributed by atoms with Crippen LogP contribution in [0.2, 0.25) is 0 Å². The Kier molecular flexibility index (Phi) is 6.91. The molecule has 2 N–H and O–H groups in total. The molecule has 6 heteroatoms. The zero-order chi connectivity index (χ0) is 18.9. The minimum Gasteiger partial charge on any atom is -0.494 e. The van der Waals surface area contributed by atoms with Gasteiger partial charge in [-0.2, -0.15) is 0 Å². The van der Waals surface area contributed by atoms with Crippen molar-refractivity contribution >= 4 is 17.7 Å². The van der Waals surface area contributed by atoms with E-state index in [4.69, 9.17) is 4.74 Å². The number of benzene rings is 2. The first kappa shape index (κ1) is 19.2. The second-order valence-corrected chi connectivity index (χ2v) is 5.79. The average molecular weight is 355 g/mol. The largest absolute Gasteiger partial charge is 0.494 e. The molecule has 0 saturated heterocycles. The highest BCUT2D eigenvalue weighted by molar-refractivity contribution is 5.94. The molecule has 0 bridgehead atoms. The number of ether oxygens (including phenoxy) is 1. The van der Waals surface area contributed by atoms with Crippen LogP contribution in [0.15, 0.2) is 54.6 Å². The van der Waals surface area contributed by atoms with E-state index in [0.717, 1.165) is 0 Å². The molecule has 0 saturated carbocycles. The summed E-state index contributed by atoms with van der Waals surface area (Å²) in [7, 11) is 0. The van der Waals surface area contributed by atoms with E-state index >= 15 is 0 Å². The molecular formula is C20H21NO5. The van der Waals surface area contributed by atoms with Crippen LogP contribution >= 0.6 is 0 Å². The molecule has 0 aliphatic heterocycles. The SMILES string of the molecule is CC(=O)c1cccc(OCCCC(=O)N[C@@H](C(=O)O)c2ccccc2)c1.